The van der Waals surface area contributed by atoms with Gasteiger partial charge in [-0.1, -0.05) is 19.1 Å². The van der Waals surface area contributed by atoms with Gasteiger partial charge in [0.2, 0.25) is 0 Å². The molecule has 2 heterocycles. The Morgan fingerprint density at radius 1 is 1.12 bits per heavy atom. The summed E-state index contributed by atoms with van der Waals surface area (Å²) in [5.74, 6) is 1.34. The van der Waals surface area contributed by atoms with Crippen LogP contribution in [0.5, 0.6) is 5.75 Å². The number of hydrogen-bond donors (Lipinski definition) is 1. The van der Waals surface area contributed by atoms with Crippen LogP contribution in [0.25, 0.3) is 20.8 Å². The minimum atomic E-state index is -0.102. The smallest absolute Gasteiger partial charge is 0.256 e. The fourth-order valence-electron chi connectivity index (χ4n) is 4.18. The largest absolute Gasteiger partial charge is 0.491 e. The van der Waals surface area contributed by atoms with Crippen molar-refractivity contribution in [2.75, 3.05) is 5.32 Å². The Labute approximate surface area is 196 Å². The van der Waals surface area contributed by atoms with E-state index in [4.69, 9.17) is 9.72 Å². The van der Waals surface area contributed by atoms with Gasteiger partial charge in [0.05, 0.1) is 16.3 Å². The molecule has 32 heavy (non-hydrogen) atoms. The van der Waals surface area contributed by atoms with Crippen LogP contribution in [-0.2, 0) is 12.8 Å². The normalized spacial score (nSPS) is 15.7. The van der Waals surface area contributed by atoms with Crippen molar-refractivity contribution < 1.29 is 9.53 Å². The maximum absolute atomic E-state index is 13.1. The number of hydrogen-bond acceptors (Lipinski definition) is 5. The zero-order valence-corrected chi connectivity index (χ0v) is 20.1. The van der Waals surface area contributed by atoms with Gasteiger partial charge in [-0.25, -0.2) is 4.98 Å². The Morgan fingerprint density at radius 2 is 1.91 bits per heavy atom. The number of thiazole rings is 1. The van der Waals surface area contributed by atoms with Crippen molar-refractivity contribution >= 4 is 43.8 Å². The van der Waals surface area contributed by atoms with E-state index in [-0.39, 0.29) is 12.0 Å². The van der Waals surface area contributed by atoms with Gasteiger partial charge in [-0.3, -0.25) is 4.79 Å². The summed E-state index contributed by atoms with van der Waals surface area (Å²) < 4.78 is 6.87. The Balaban J connectivity index is 1.50. The van der Waals surface area contributed by atoms with Crippen molar-refractivity contribution in [1.29, 1.82) is 0 Å². The van der Waals surface area contributed by atoms with Crippen molar-refractivity contribution in [3.63, 3.8) is 0 Å². The molecule has 0 saturated carbocycles. The quantitative estimate of drug-likeness (QED) is 0.341. The van der Waals surface area contributed by atoms with Gasteiger partial charge < -0.3 is 10.1 Å². The minimum Gasteiger partial charge on any atom is -0.491 e. The summed E-state index contributed by atoms with van der Waals surface area (Å²) in [7, 11) is 0. The van der Waals surface area contributed by atoms with Crippen molar-refractivity contribution in [3.8, 4) is 16.3 Å². The highest BCUT2D eigenvalue weighted by Crippen LogP contribution is 2.47. The molecule has 6 heteroatoms. The SMILES string of the molecule is CC1CCc2c(sc(NC(=O)c3ccc(OC(C)C)cc3)c2-c2nc3ccccc3s2)C1. The van der Waals surface area contributed by atoms with Gasteiger partial charge in [0, 0.05) is 16.0 Å². The number of thiophene rings is 1. The lowest BCUT2D eigenvalue weighted by molar-refractivity contribution is 0.102. The first-order valence-electron chi connectivity index (χ1n) is 11.1. The average Bonchev–Trinajstić information content (AvgIpc) is 3.33. The molecule has 0 spiro atoms. The predicted octanol–water partition coefficient (Wildman–Crippen LogP) is 7.19. The lowest BCUT2D eigenvalue weighted by atomic mass is 9.88. The van der Waals surface area contributed by atoms with Crippen LogP contribution in [0.15, 0.2) is 48.5 Å². The van der Waals surface area contributed by atoms with Gasteiger partial charge in [0.1, 0.15) is 15.8 Å². The van der Waals surface area contributed by atoms with Crippen LogP contribution in [0.2, 0.25) is 0 Å². The second-order valence-electron chi connectivity index (χ2n) is 8.69. The van der Waals surface area contributed by atoms with Gasteiger partial charge in [-0.15, -0.1) is 22.7 Å². The maximum Gasteiger partial charge on any atom is 0.256 e. The fraction of sp³-hybridized carbons (Fsp3) is 0.308. The molecule has 1 amide bonds. The summed E-state index contributed by atoms with van der Waals surface area (Å²) in [5.41, 5.74) is 4.11. The van der Waals surface area contributed by atoms with E-state index in [9.17, 15) is 4.79 Å². The Morgan fingerprint density at radius 3 is 2.66 bits per heavy atom. The molecule has 0 radical (unpaired) electrons. The van der Waals surface area contributed by atoms with E-state index in [1.165, 1.54) is 21.6 Å². The number of fused-ring (bicyclic) bond motifs is 2. The number of carbonyl (C=O) groups excluding carboxylic acids is 1. The van der Waals surface area contributed by atoms with Gasteiger partial charge in [0.15, 0.2) is 0 Å². The van der Waals surface area contributed by atoms with Crippen molar-refractivity contribution in [2.45, 2.75) is 46.1 Å². The molecule has 1 N–H and O–H groups in total. The molecule has 0 bridgehead atoms. The van der Waals surface area contributed by atoms with E-state index in [0.29, 0.717) is 11.5 Å². The van der Waals surface area contributed by atoms with E-state index >= 15 is 0 Å². The number of benzene rings is 2. The van der Waals surface area contributed by atoms with E-state index in [1.54, 1.807) is 22.7 Å². The molecule has 1 unspecified atom stereocenters. The Bertz CT molecular complexity index is 1240. The molecule has 0 fully saturated rings. The molecule has 4 nitrogen and oxygen atoms in total. The van der Waals surface area contributed by atoms with Crippen LogP contribution in [-0.4, -0.2) is 17.0 Å². The van der Waals surface area contributed by atoms with Crippen molar-refractivity contribution in [2.24, 2.45) is 5.92 Å². The van der Waals surface area contributed by atoms with Gasteiger partial charge in [-0.2, -0.15) is 0 Å². The van der Waals surface area contributed by atoms with E-state index in [1.807, 2.05) is 50.2 Å². The lowest BCUT2D eigenvalue weighted by Crippen LogP contribution is -2.12. The summed E-state index contributed by atoms with van der Waals surface area (Å²) in [6.07, 6.45) is 3.38. The molecular formula is C26H26N2O2S2. The lowest BCUT2D eigenvalue weighted by Gasteiger charge is -2.18. The number of amides is 1. The number of nitrogens with one attached hydrogen (secondary N) is 1. The number of para-hydroxylation sites is 1. The minimum absolute atomic E-state index is 0.102. The summed E-state index contributed by atoms with van der Waals surface area (Å²) >= 11 is 3.42. The number of ether oxygens (including phenoxy) is 1. The van der Waals surface area contributed by atoms with Gasteiger partial charge in [-0.05, 0) is 81.0 Å². The fourth-order valence-corrected chi connectivity index (χ4v) is 6.69. The highest BCUT2D eigenvalue weighted by Gasteiger charge is 2.27. The molecule has 1 aliphatic carbocycles. The summed E-state index contributed by atoms with van der Waals surface area (Å²) in [4.78, 5) is 19.4. The first-order chi connectivity index (χ1) is 15.5. The third kappa shape index (κ3) is 4.17. The van der Waals surface area contributed by atoms with E-state index < -0.39 is 0 Å². The zero-order valence-electron chi connectivity index (χ0n) is 18.5. The summed E-state index contributed by atoms with van der Waals surface area (Å²) in [6, 6.07) is 15.6. The highest BCUT2D eigenvalue weighted by atomic mass is 32.1. The summed E-state index contributed by atoms with van der Waals surface area (Å²) in [6.45, 7) is 6.28. The monoisotopic (exact) mass is 462 g/mol. The van der Waals surface area contributed by atoms with Crippen LogP contribution in [0.1, 0.15) is 48.0 Å². The predicted molar refractivity (Wildman–Crippen MR) is 134 cm³/mol. The van der Waals surface area contributed by atoms with Crippen LogP contribution >= 0.6 is 22.7 Å². The number of carbonyl (C=O) groups is 1. The highest BCUT2D eigenvalue weighted by molar-refractivity contribution is 7.23. The molecule has 2 aromatic carbocycles. The third-order valence-electron chi connectivity index (χ3n) is 5.73. The third-order valence-corrected chi connectivity index (χ3v) is 7.96. The first kappa shape index (κ1) is 21.2. The molecule has 1 aliphatic rings. The topological polar surface area (TPSA) is 51.2 Å². The van der Waals surface area contributed by atoms with Crippen molar-refractivity contribution in [1.82, 2.24) is 4.98 Å². The Hall–Kier alpha value is -2.70. The number of aromatic nitrogens is 1. The second-order valence-corrected chi connectivity index (χ2v) is 10.8. The van der Waals surface area contributed by atoms with E-state index in [0.717, 1.165) is 39.7 Å². The van der Waals surface area contributed by atoms with Gasteiger partial charge >= 0.3 is 0 Å². The van der Waals surface area contributed by atoms with Crippen molar-refractivity contribution in [3.05, 3.63) is 64.5 Å². The standard InChI is InChI=1S/C26H26N2O2S2/c1-15(2)30-18-11-9-17(10-12-18)24(29)28-26-23(19-13-8-16(3)14-22(19)32-26)25-27-20-6-4-5-7-21(20)31-25/h4-7,9-12,15-16H,8,13-14H2,1-3H3,(H,28,29). The number of anilines is 1. The van der Waals surface area contributed by atoms with Crippen LogP contribution in [0.4, 0.5) is 5.00 Å². The second kappa shape index (κ2) is 8.68. The molecule has 4 aromatic rings. The van der Waals surface area contributed by atoms with Gasteiger partial charge in [0.25, 0.3) is 5.91 Å². The maximum atomic E-state index is 13.1. The Kier molecular flexibility index (Phi) is 5.74. The average molecular weight is 463 g/mol. The molecule has 164 valence electrons. The van der Waals surface area contributed by atoms with Crippen LogP contribution in [0.3, 0.4) is 0 Å². The first-order valence-corrected chi connectivity index (χ1v) is 12.7. The van der Waals surface area contributed by atoms with E-state index in [2.05, 4.69) is 24.4 Å². The molecule has 1 atom stereocenters. The molecule has 0 saturated heterocycles. The molecule has 2 aromatic heterocycles. The summed E-state index contributed by atoms with van der Waals surface area (Å²) in [5, 5.41) is 5.11. The molecule has 0 aliphatic heterocycles. The zero-order chi connectivity index (χ0) is 22.2. The number of rotatable bonds is 5. The molecule has 5 rings (SSSR count). The van der Waals surface area contributed by atoms with Crippen LogP contribution < -0.4 is 10.1 Å². The van der Waals surface area contributed by atoms with Crippen LogP contribution in [0, 0.1) is 5.92 Å². The number of nitrogens with zero attached hydrogens (tertiary/aromatic N) is 1. The molecular weight excluding hydrogens is 436 g/mol.